The van der Waals surface area contributed by atoms with E-state index >= 15 is 0 Å². The van der Waals surface area contributed by atoms with Gasteiger partial charge in [-0.2, -0.15) is 0 Å². The molecule has 1 heterocycles. The van der Waals surface area contributed by atoms with Crippen LogP contribution in [0, 0.1) is 0 Å². The van der Waals surface area contributed by atoms with Crippen LogP contribution < -0.4 is 10.2 Å². The number of piperazine rings is 1. The van der Waals surface area contributed by atoms with E-state index in [1.165, 1.54) is 37.8 Å². The molecule has 2 nitrogen and oxygen atoms in total. The summed E-state index contributed by atoms with van der Waals surface area (Å²) < 4.78 is 0. The highest BCUT2D eigenvalue weighted by molar-refractivity contribution is 5.59. The van der Waals surface area contributed by atoms with Crippen LogP contribution in [0.2, 0.25) is 0 Å². The molecule has 2 heteroatoms. The molecule has 1 aromatic rings. The second kappa shape index (κ2) is 5.40. The maximum Gasteiger partial charge on any atom is 0.0405 e. The third kappa shape index (κ3) is 2.46. The maximum absolute atomic E-state index is 3.73. The minimum Gasteiger partial charge on any atom is -0.365 e. The number of aryl methyl sites for hydroxylation is 1. The summed E-state index contributed by atoms with van der Waals surface area (Å²) >= 11 is 0. The van der Waals surface area contributed by atoms with Gasteiger partial charge < -0.3 is 10.2 Å². The fourth-order valence-electron chi connectivity index (χ4n) is 3.68. The summed E-state index contributed by atoms with van der Waals surface area (Å²) in [5.41, 5.74) is 4.99. The van der Waals surface area contributed by atoms with Gasteiger partial charge in [0, 0.05) is 30.4 Å². The van der Waals surface area contributed by atoms with Gasteiger partial charge in [0.15, 0.2) is 0 Å². The molecular formula is C18H28N2. The van der Waals surface area contributed by atoms with Crippen molar-refractivity contribution in [3.05, 3.63) is 29.3 Å². The minimum atomic E-state index is 0.254. The Hall–Kier alpha value is -1.02. The molecule has 2 atom stereocenters. The van der Waals surface area contributed by atoms with Gasteiger partial charge in [-0.3, -0.25) is 0 Å². The van der Waals surface area contributed by atoms with Gasteiger partial charge in [-0.05, 0) is 63.1 Å². The van der Waals surface area contributed by atoms with E-state index in [2.05, 4.69) is 49.2 Å². The number of anilines is 1. The van der Waals surface area contributed by atoms with Crippen molar-refractivity contribution in [1.82, 2.24) is 5.32 Å². The van der Waals surface area contributed by atoms with Gasteiger partial charge in [0.2, 0.25) is 0 Å². The van der Waals surface area contributed by atoms with Crippen molar-refractivity contribution < 1.29 is 0 Å². The van der Waals surface area contributed by atoms with Crippen LogP contribution in [0.5, 0.6) is 0 Å². The van der Waals surface area contributed by atoms with E-state index in [1.54, 1.807) is 11.1 Å². The van der Waals surface area contributed by atoms with Gasteiger partial charge in [0.1, 0.15) is 0 Å². The number of nitrogens with zero attached hydrogens (tertiary/aromatic N) is 1. The predicted octanol–water partition coefficient (Wildman–Crippen LogP) is 3.53. The first kappa shape index (κ1) is 13.9. The van der Waals surface area contributed by atoms with Crippen molar-refractivity contribution in [2.75, 3.05) is 18.0 Å². The van der Waals surface area contributed by atoms with Crippen molar-refractivity contribution in [1.29, 1.82) is 0 Å². The molecule has 1 aliphatic heterocycles. The lowest BCUT2D eigenvalue weighted by molar-refractivity contribution is 0.285. The van der Waals surface area contributed by atoms with Gasteiger partial charge in [-0.25, -0.2) is 0 Å². The largest absolute Gasteiger partial charge is 0.365 e. The van der Waals surface area contributed by atoms with Crippen LogP contribution in [0.15, 0.2) is 18.2 Å². The predicted molar refractivity (Wildman–Crippen MR) is 86.6 cm³/mol. The Morgan fingerprint density at radius 1 is 1.30 bits per heavy atom. The van der Waals surface area contributed by atoms with E-state index in [9.17, 15) is 0 Å². The normalized spacial score (nSPS) is 30.1. The highest BCUT2D eigenvalue weighted by atomic mass is 15.3. The Labute approximate surface area is 123 Å². The first-order valence-electron chi connectivity index (χ1n) is 8.25. The van der Waals surface area contributed by atoms with Crippen LogP contribution in [0.1, 0.15) is 51.2 Å². The molecule has 0 spiro atoms. The maximum atomic E-state index is 3.73. The molecule has 2 aliphatic rings. The third-order valence-corrected chi connectivity index (χ3v) is 5.34. The van der Waals surface area contributed by atoms with E-state index in [4.69, 9.17) is 0 Å². The van der Waals surface area contributed by atoms with E-state index in [0.717, 1.165) is 13.1 Å². The Bertz CT molecular complexity index is 482. The van der Waals surface area contributed by atoms with E-state index in [0.29, 0.717) is 6.04 Å². The SMILES string of the molecule is CCC1(C)CN(c2cccc3c2CCCC3)C(C)CN1. The smallest absolute Gasteiger partial charge is 0.0405 e. The lowest BCUT2D eigenvalue weighted by Gasteiger charge is -2.47. The van der Waals surface area contributed by atoms with E-state index in [-0.39, 0.29) is 5.54 Å². The van der Waals surface area contributed by atoms with Crippen LogP contribution in [-0.4, -0.2) is 24.7 Å². The Morgan fingerprint density at radius 2 is 2.10 bits per heavy atom. The van der Waals surface area contributed by atoms with Gasteiger partial charge in [-0.1, -0.05) is 19.1 Å². The Kier molecular flexibility index (Phi) is 3.76. The quantitative estimate of drug-likeness (QED) is 0.886. The van der Waals surface area contributed by atoms with Gasteiger partial charge in [-0.15, -0.1) is 0 Å². The topological polar surface area (TPSA) is 15.3 Å². The fraction of sp³-hybridized carbons (Fsp3) is 0.667. The molecule has 1 fully saturated rings. The first-order valence-corrected chi connectivity index (χ1v) is 8.25. The number of nitrogens with one attached hydrogen (secondary N) is 1. The average molecular weight is 272 g/mol. The second-order valence-electron chi connectivity index (χ2n) is 6.89. The highest BCUT2D eigenvalue weighted by Gasteiger charge is 2.33. The highest BCUT2D eigenvalue weighted by Crippen LogP contribution is 2.33. The third-order valence-electron chi connectivity index (χ3n) is 5.34. The molecule has 1 N–H and O–H groups in total. The summed E-state index contributed by atoms with van der Waals surface area (Å²) in [7, 11) is 0. The number of fused-ring (bicyclic) bond motifs is 1. The summed E-state index contributed by atoms with van der Waals surface area (Å²) in [5.74, 6) is 0. The van der Waals surface area contributed by atoms with Crippen molar-refractivity contribution in [2.45, 2.75) is 64.5 Å². The van der Waals surface area contributed by atoms with Gasteiger partial charge in [0.05, 0.1) is 0 Å². The molecule has 1 aromatic carbocycles. The van der Waals surface area contributed by atoms with Gasteiger partial charge >= 0.3 is 0 Å². The van der Waals surface area contributed by atoms with Crippen molar-refractivity contribution in [3.8, 4) is 0 Å². The standard InChI is InChI=1S/C18H28N2/c1-4-18(3)13-20(14(2)12-19-18)17-11-7-9-15-8-5-6-10-16(15)17/h7,9,11,14,19H,4-6,8,10,12-13H2,1-3H3. The Balaban J connectivity index is 1.95. The molecule has 0 radical (unpaired) electrons. The van der Waals surface area contributed by atoms with E-state index < -0.39 is 0 Å². The van der Waals surface area contributed by atoms with Gasteiger partial charge in [0.25, 0.3) is 0 Å². The number of hydrogen-bond acceptors (Lipinski definition) is 2. The van der Waals surface area contributed by atoms with Crippen LogP contribution >= 0.6 is 0 Å². The molecule has 0 aromatic heterocycles. The lowest BCUT2D eigenvalue weighted by atomic mass is 9.88. The zero-order valence-corrected chi connectivity index (χ0v) is 13.2. The summed E-state index contributed by atoms with van der Waals surface area (Å²) in [4.78, 5) is 2.66. The zero-order valence-electron chi connectivity index (χ0n) is 13.2. The molecule has 0 amide bonds. The summed E-state index contributed by atoms with van der Waals surface area (Å²) in [6.45, 7) is 9.22. The summed E-state index contributed by atoms with van der Waals surface area (Å²) in [5, 5.41) is 3.73. The molecule has 3 rings (SSSR count). The molecule has 0 bridgehead atoms. The van der Waals surface area contributed by atoms with Crippen molar-refractivity contribution >= 4 is 5.69 Å². The Morgan fingerprint density at radius 3 is 2.90 bits per heavy atom. The zero-order chi connectivity index (χ0) is 14.2. The minimum absolute atomic E-state index is 0.254. The lowest BCUT2D eigenvalue weighted by Crippen LogP contribution is -2.62. The molecule has 2 unspecified atom stereocenters. The van der Waals surface area contributed by atoms with Crippen LogP contribution in [0.25, 0.3) is 0 Å². The summed E-state index contributed by atoms with van der Waals surface area (Å²) in [6.07, 6.45) is 6.45. The van der Waals surface area contributed by atoms with Crippen LogP contribution in [-0.2, 0) is 12.8 Å². The van der Waals surface area contributed by atoms with Crippen molar-refractivity contribution in [3.63, 3.8) is 0 Å². The molecule has 110 valence electrons. The molecule has 1 saturated heterocycles. The first-order chi connectivity index (χ1) is 9.63. The molecular weight excluding hydrogens is 244 g/mol. The number of rotatable bonds is 2. The molecule has 1 aliphatic carbocycles. The molecule has 0 saturated carbocycles. The van der Waals surface area contributed by atoms with Crippen LogP contribution in [0.4, 0.5) is 5.69 Å². The number of benzene rings is 1. The van der Waals surface area contributed by atoms with E-state index in [1.807, 2.05) is 0 Å². The second-order valence-corrected chi connectivity index (χ2v) is 6.89. The monoisotopic (exact) mass is 272 g/mol. The number of hydrogen-bond donors (Lipinski definition) is 1. The molecule has 20 heavy (non-hydrogen) atoms. The van der Waals surface area contributed by atoms with Crippen molar-refractivity contribution in [2.24, 2.45) is 0 Å². The van der Waals surface area contributed by atoms with Crippen LogP contribution in [0.3, 0.4) is 0 Å². The summed E-state index contributed by atoms with van der Waals surface area (Å²) in [6, 6.07) is 7.53. The average Bonchev–Trinajstić information content (AvgIpc) is 2.49. The fourth-order valence-corrected chi connectivity index (χ4v) is 3.68.